The Hall–Kier alpha value is -1.01. The summed E-state index contributed by atoms with van der Waals surface area (Å²) in [7, 11) is 1.63. The summed E-state index contributed by atoms with van der Waals surface area (Å²) < 4.78 is 5.31. The van der Waals surface area contributed by atoms with E-state index in [9.17, 15) is 0 Å². The number of nitrogens with zero attached hydrogens (tertiary/aromatic N) is 1. The number of allylic oxidation sites excluding steroid dienone is 1. The Morgan fingerprint density at radius 2 is 1.71 bits per heavy atom. The number of rotatable bonds is 4. The van der Waals surface area contributed by atoms with Crippen LogP contribution in [0.25, 0.3) is 0 Å². The third kappa shape index (κ3) is 3.04. The van der Waals surface area contributed by atoms with Gasteiger partial charge in [-0.15, -0.1) is 0 Å². The number of methoxy groups -OCH3 is 1. The minimum absolute atomic E-state index is 0.238. The van der Waals surface area contributed by atoms with Gasteiger partial charge < -0.3 is 10.5 Å². The summed E-state index contributed by atoms with van der Waals surface area (Å²) in [5, 5.41) is 8.82. The van der Waals surface area contributed by atoms with E-state index in [1.807, 2.05) is 27.7 Å². The van der Waals surface area contributed by atoms with Gasteiger partial charge >= 0.3 is 0 Å². The molecule has 0 amide bonds. The van der Waals surface area contributed by atoms with Crippen molar-refractivity contribution in [3.05, 3.63) is 11.3 Å². The van der Waals surface area contributed by atoms with Gasteiger partial charge in [0.15, 0.2) is 0 Å². The van der Waals surface area contributed by atoms with Crippen molar-refractivity contribution in [1.29, 1.82) is 5.26 Å². The predicted molar refractivity (Wildman–Crippen MR) is 57.3 cm³/mol. The molecule has 2 N–H and O–H groups in total. The molecule has 0 fully saturated rings. The first-order valence-electron chi connectivity index (χ1n) is 4.88. The Morgan fingerprint density at radius 3 is 1.93 bits per heavy atom. The van der Waals surface area contributed by atoms with E-state index in [1.54, 1.807) is 7.11 Å². The first-order chi connectivity index (χ1) is 6.45. The topological polar surface area (TPSA) is 59.0 Å². The molecule has 0 bridgehead atoms. The Bertz CT molecular complexity index is 249. The Labute approximate surface area is 86.5 Å². The van der Waals surface area contributed by atoms with E-state index in [1.165, 1.54) is 0 Å². The van der Waals surface area contributed by atoms with Crippen LogP contribution in [0.1, 0.15) is 27.7 Å². The fraction of sp³-hybridized carbons (Fsp3) is 0.727. The molecule has 0 aliphatic heterocycles. The van der Waals surface area contributed by atoms with E-state index < -0.39 is 6.04 Å². The summed E-state index contributed by atoms with van der Waals surface area (Å²) in [5.41, 5.74) is 6.64. The second-order valence-electron chi connectivity index (χ2n) is 3.94. The maximum atomic E-state index is 8.82. The zero-order valence-corrected chi connectivity index (χ0v) is 9.66. The van der Waals surface area contributed by atoms with Crippen LogP contribution in [-0.2, 0) is 4.74 Å². The van der Waals surface area contributed by atoms with Gasteiger partial charge in [-0.3, -0.25) is 0 Å². The number of hydrogen-bond donors (Lipinski definition) is 1. The van der Waals surface area contributed by atoms with Crippen LogP contribution >= 0.6 is 0 Å². The van der Waals surface area contributed by atoms with Crippen LogP contribution in [0.15, 0.2) is 11.3 Å². The lowest BCUT2D eigenvalue weighted by atomic mass is 9.92. The molecule has 0 radical (unpaired) electrons. The molecule has 0 spiro atoms. The molecule has 1 atom stereocenters. The Kier molecular flexibility index (Phi) is 5.26. The van der Waals surface area contributed by atoms with Gasteiger partial charge in [0.25, 0.3) is 0 Å². The van der Waals surface area contributed by atoms with E-state index in [4.69, 9.17) is 15.7 Å². The molecule has 3 heteroatoms. The molecule has 0 aliphatic carbocycles. The lowest BCUT2D eigenvalue weighted by Crippen LogP contribution is -2.26. The average molecular weight is 196 g/mol. The molecule has 0 rings (SSSR count). The predicted octanol–water partition coefficient (Wildman–Crippen LogP) is 2.05. The smallest absolute Gasteiger partial charge is 0.118 e. The molecule has 0 heterocycles. The van der Waals surface area contributed by atoms with Crippen molar-refractivity contribution in [2.24, 2.45) is 17.6 Å². The van der Waals surface area contributed by atoms with Crippen molar-refractivity contribution in [1.82, 2.24) is 0 Å². The molecule has 0 saturated heterocycles. The van der Waals surface area contributed by atoms with Crippen LogP contribution < -0.4 is 5.73 Å². The van der Waals surface area contributed by atoms with E-state index >= 15 is 0 Å². The lowest BCUT2D eigenvalue weighted by Gasteiger charge is -2.21. The van der Waals surface area contributed by atoms with Crippen LogP contribution in [-0.4, -0.2) is 13.2 Å². The van der Waals surface area contributed by atoms with Gasteiger partial charge in [-0.1, -0.05) is 27.7 Å². The highest BCUT2D eigenvalue weighted by Crippen LogP contribution is 2.23. The molecule has 0 saturated carbocycles. The van der Waals surface area contributed by atoms with Crippen LogP contribution in [0.4, 0.5) is 0 Å². The average Bonchev–Trinajstić information content (AvgIpc) is 2.11. The molecule has 14 heavy (non-hydrogen) atoms. The minimum Gasteiger partial charge on any atom is -0.501 e. The third-order valence-electron chi connectivity index (χ3n) is 2.12. The van der Waals surface area contributed by atoms with Crippen molar-refractivity contribution in [2.45, 2.75) is 33.7 Å². The molecular formula is C11H20N2O. The van der Waals surface area contributed by atoms with Crippen LogP contribution in [0, 0.1) is 23.2 Å². The van der Waals surface area contributed by atoms with Gasteiger partial charge in [0.1, 0.15) is 11.8 Å². The van der Waals surface area contributed by atoms with Crippen molar-refractivity contribution >= 4 is 0 Å². The second kappa shape index (κ2) is 5.66. The lowest BCUT2D eigenvalue weighted by molar-refractivity contribution is 0.242. The van der Waals surface area contributed by atoms with Gasteiger partial charge in [0.2, 0.25) is 0 Å². The van der Waals surface area contributed by atoms with E-state index in [-0.39, 0.29) is 11.8 Å². The molecule has 0 aromatic rings. The van der Waals surface area contributed by atoms with Crippen molar-refractivity contribution in [3.63, 3.8) is 0 Å². The number of ether oxygens (including phenoxy) is 1. The molecule has 3 nitrogen and oxygen atoms in total. The van der Waals surface area contributed by atoms with Gasteiger partial charge in [0.05, 0.1) is 13.2 Å². The molecule has 80 valence electrons. The minimum atomic E-state index is -0.563. The van der Waals surface area contributed by atoms with Crippen molar-refractivity contribution in [2.75, 3.05) is 7.11 Å². The number of hydrogen-bond acceptors (Lipinski definition) is 3. The second-order valence-corrected chi connectivity index (χ2v) is 3.94. The van der Waals surface area contributed by atoms with Gasteiger partial charge in [-0.05, 0) is 5.92 Å². The monoisotopic (exact) mass is 196 g/mol. The van der Waals surface area contributed by atoms with Gasteiger partial charge in [0, 0.05) is 11.5 Å². The quantitative estimate of drug-likeness (QED) is 0.700. The third-order valence-corrected chi connectivity index (χ3v) is 2.12. The van der Waals surface area contributed by atoms with E-state index in [0.29, 0.717) is 0 Å². The van der Waals surface area contributed by atoms with Crippen LogP contribution in [0.2, 0.25) is 0 Å². The highest BCUT2D eigenvalue weighted by atomic mass is 16.5. The van der Waals surface area contributed by atoms with Crippen molar-refractivity contribution < 1.29 is 4.74 Å². The number of nitriles is 1. The zero-order valence-electron chi connectivity index (χ0n) is 9.66. The highest BCUT2D eigenvalue weighted by molar-refractivity contribution is 5.24. The highest BCUT2D eigenvalue weighted by Gasteiger charge is 2.20. The zero-order chi connectivity index (χ0) is 11.3. The maximum absolute atomic E-state index is 8.82. The summed E-state index contributed by atoms with van der Waals surface area (Å²) in [5.74, 6) is 1.34. The molecule has 1 unspecified atom stereocenters. The fourth-order valence-electron chi connectivity index (χ4n) is 1.55. The first kappa shape index (κ1) is 13.0. The Morgan fingerprint density at radius 1 is 1.21 bits per heavy atom. The standard InChI is InChI=1S/C11H20N2O/c1-7(2)10(9(13)6-12)11(14-5)8(3)4/h7-9H,13H2,1-5H3/b11-10-. The van der Waals surface area contributed by atoms with E-state index in [0.717, 1.165) is 11.3 Å². The summed E-state index contributed by atoms with van der Waals surface area (Å²) in [6, 6.07) is 1.49. The Balaban J connectivity index is 5.23. The maximum Gasteiger partial charge on any atom is 0.118 e. The molecular weight excluding hydrogens is 176 g/mol. The van der Waals surface area contributed by atoms with Gasteiger partial charge in [-0.2, -0.15) is 5.26 Å². The molecule has 0 aromatic carbocycles. The SMILES string of the molecule is CO/C(=C(/C(C)C)C(N)C#N)C(C)C. The van der Waals surface area contributed by atoms with Crippen LogP contribution in [0.5, 0.6) is 0 Å². The summed E-state index contributed by atoms with van der Waals surface area (Å²) in [4.78, 5) is 0. The molecule has 0 aromatic heterocycles. The summed E-state index contributed by atoms with van der Waals surface area (Å²) in [6.45, 7) is 8.11. The summed E-state index contributed by atoms with van der Waals surface area (Å²) in [6.07, 6.45) is 0. The van der Waals surface area contributed by atoms with Crippen molar-refractivity contribution in [3.8, 4) is 6.07 Å². The largest absolute Gasteiger partial charge is 0.501 e. The van der Waals surface area contributed by atoms with Gasteiger partial charge in [-0.25, -0.2) is 0 Å². The first-order valence-corrected chi connectivity index (χ1v) is 4.88. The molecule has 0 aliphatic rings. The fourth-order valence-corrected chi connectivity index (χ4v) is 1.55. The van der Waals surface area contributed by atoms with E-state index in [2.05, 4.69) is 6.07 Å². The summed E-state index contributed by atoms with van der Waals surface area (Å²) >= 11 is 0. The van der Waals surface area contributed by atoms with Crippen LogP contribution in [0.3, 0.4) is 0 Å². The number of nitrogens with two attached hydrogens (primary N) is 1. The normalized spacial score (nSPS) is 15.1.